The van der Waals surface area contributed by atoms with E-state index < -0.39 is 11.2 Å². The number of aromatic amines is 1. The molecule has 0 aliphatic carbocycles. The van der Waals surface area contributed by atoms with Crippen molar-refractivity contribution in [3.8, 4) is 0 Å². The summed E-state index contributed by atoms with van der Waals surface area (Å²) in [6, 6.07) is 69.5. The Hall–Kier alpha value is -7.66. The SMILES string of the molecule is CCCn1c(COC(c2ccccc2)(c2ccccc2)c2ccccc2)n[nH]c1=O.CCCn1c(COC(c2ccccc2)(c2ccccc2)c2ccccc2)nn(Cc2ccc(C)cc2)c1=O. The minimum absolute atomic E-state index is 0.115. The quantitative estimate of drug-likeness (QED) is 0.0859. The van der Waals surface area contributed by atoms with Crippen LogP contribution >= 0.6 is 0 Å². The lowest BCUT2D eigenvalue weighted by Gasteiger charge is -2.35. The Morgan fingerprint density at radius 1 is 0.471 bits per heavy atom. The van der Waals surface area contributed by atoms with Gasteiger partial charge in [-0.1, -0.05) is 226 Å². The minimum atomic E-state index is -0.877. The van der Waals surface area contributed by atoms with Crippen molar-refractivity contribution in [2.24, 2.45) is 0 Å². The van der Waals surface area contributed by atoms with Gasteiger partial charge in [0.15, 0.2) is 11.6 Å². The second kappa shape index (κ2) is 22.2. The number of hydrogen-bond donors (Lipinski definition) is 1. The van der Waals surface area contributed by atoms with Crippen molar-refractivity contribution in [2.75, 3.05) is 0 Å². The topological polar surface area (TPSA) is 109 Å². The summed E-state index contributed by atoms with van der Waals surface area (Å²) < 4.78 is 18.6. The molecule has 0 unspecified atom stereocenters. The van der Waals surface area contributed by atoms with Gasteiger partial charge in [0.05, 0.1) is 6.54 Å². The standard InChI is InChI=1S/C33H33N3O2.C25H25N3O2/c1-3-23-35-31(34-36(32(35)37)24-27-21-19-26(2)20-22-27)25-38-33(28-13-7-4-8-14-28,29-15-9-5-10-16-29)30-17-11-6-12-18-30;1-2-18-28-23(26-27-24(28)29)19-30-25(20-12-6-3-7-13-20,21-14-8-4-9-15-21)22-16-10-5-11-17-22/h4-22H,3,23-25H2,1-2H3;3-17H,2,18-19H2,1H3,(H,27,29). The van der Waals surface area contributed by atoms with E-state index in [9.17, 15) is 9.59 Å². The van der Waals surface area contributed by atoms with Gasteiger partial charge in [-0.25, -0.2) is 19.4 Å². The average molecular weight is 903 g/mol. The lowest BCUT2D eigenvalue weighted by Crippen LogP contribution is -2.33. The fourth-order valence-electron chi connectivity index (χ4n) is 8.81. The van der Waals surface area contributed by atoms with Gasteiger partial charge in [-0.05, 0) is 58.7 Å². The highest BCUT2D eigenvalue weighted by Gasteiger charge is 2.39. The monoisotopic (exact) mass is 902 g/mol. The molecule has 9 rings (SSSR count). The number of hydrogen-bond acceptors (Lipinski definition) is 6. The minimum Gasteiger partial charge on any atom is -0.353 e. The number of H-pyrrole nitrogens is 1. The molecule has 0 amide bonds. The predicted molar refractivity (Wildman–Crippen MR) is 268 cm³/mol. The van der Waals surface area contributed by atoms with E-state index in [0.29, 0.717) is 31.3 Å². The molecule has 7 aromatic carbocycles. The number of rotatable bonds is 18. The fraction of sp³-hybridized carbons (Fsp3) is 0.207. The number of nitrogens with zero attached hydrogens (tertiary/aromatic N) is 5. The summed E-state index contributed by atoms with van der Waals surface area (Å²) in [5.74, 6) is 1.21. The Labute approximate surface area is 398 Å². The van der Waals surface area contributed by atoms with E-state index in [0.717, 1.165) is 51.8 Å². The van der Waals surface area contributed by atoms with E-state index in [-0.39, 0.29) is 24.6 Å². The Kier molecular flexibility index (Phi) is 15.3. The van der Waals surface area contributed by atoms with Crippen LogP contribution in [0.5, 0.6) is 0 Å². The summed E-state index contributed by atoms with van der Waals surface area (Å²) in [5.41, 5.74) is 6.28. The molecule has 0 spiro atoms. The van der Waals surface area contributed by atoms with Crippen LogP contribution in [-0.4, -0.2) is 29.1 Å². The van der Waals surface area contributed by atoms with E-state index in [1.54, 1.807) is 13.8 Å². The summed E-state index contributed by atoms with van der Waals surface area (Å²) in [5, 5.41) is 11.5. The summed E-state index contributed by atoms with van der Waals surface area (Å²) in [7, 11) is 0. The van der Waals surface area contributed by atoms with Crippen LogP contribution in [0.25, 0.3) is 0 Å². The van der Waals surface area contributed by atoms with E-state index in [2.05, 4.69) is 109 Å². The number of benzene rings is 7. The summed E-state index contributed by atoms with van der Waals surface area (Å²) in [4.78, 5) is 25.5. The third-order valence-corrected chi connectivity index (χ3v) is 12.1. The van der Waals surface area contributed by atoms with E-state index in [4.69, 9.17) is 14.6 Å². The molecule has 0 atom stereocenters. The van der Waals surface area contributed by atoms with Gasteiger partial charge in [0.1, 0.15) is 24.4 Å². The summed E-state index contributed by atoms with van der Waals surface area (Å²) in [6.45, 7) is 8.13. The van der Waals surface area contributed by atoms with Crippen LogP contribution in [0.3, 0.4) is 0 Å². The maximum atomic E-state index is 13.4. The first kappa shape index (κ1) is 46.9. The maximum Gasteiger partial charge on any atom is 0.346 e. The van der Waals surface area contributed by atoms with Gasteiger partial charge in [0, 0.05) is 13.1 Å². The lowest BCUT2D eigenvalue weighted by molar-refractivity contribution is -0.00486. The summed E-state index contributed by atoms with van der Waals surface area (Å²) >= 11 is 0. The molecule has 0 saturated carbocycles. The van der Waals surface area contributed by atoms with Crippen LogP contribution in [0.4, 0.5) is 0 Å². The molecule has 0 fully saturated rings. The molecule has 0 aliphatic rings. The van der Waals surface area contributed by atoms with Crippen LogP contribution < -0.4 is 11.4 Å². The van der Waals surface area contributed by atoms with Crippen LogP contribution in [-0.2, 0) is 53.5 Å². The average Bonchev–Trinajstić information content (AvgIpc) is 3.90. The van der Waals surface area contributed by atoms with Crippen molar-refractivity contribution in [1.29, 1.82) is 0 Å². The molecule has 344 valence electrons. The van der Waals surface area contributed by atoms with Gasteiger partial charge in [0.2, 0.25) is 0 Å². The molecule has 10 heteroatoms. The van der Waals surface area contributed by atoms with Gasteiger partial charge in [-0.3, -0.25) is 9.13 Å². The van der Waals surface area contributed by atoms with Crippen LogP contribution in [0.2, 0.25) is 0 Å². The maximum absolute atomic E-state index is 13.4. The highest BCUT2D eigenvalue weighted by atomic mass is 16.5. The highest BCUT2D eigenvalue weighted by Crippen LogP contribution is 2.42. The zero-order chi connectivity index (χ0) is 47.2. The molecule has 0 bridgehead atoms. The molecule has 68 heavy (non-hydrogen) atoms. The van der Waals surface area contributed by atoms with Crippen molar-refractivity contribution < 1.29 is 9.47 Å². The van der Waals surface area contributed by atoms with Gasteiger partial charge in [-0.2, -0.15) is 10.2 Å². The van der Waals surface area contributed by atoms with Gasteiger partial charge < -0.3 is 9.47 Å². The van der Waals surface area contributed by atoms with Crippen molar-refractivity contribution in [3.05, 3.63) is 283 Å². The van der Waals surface area contributed by atoms with Crippen molar-refractivity contribution in [3.63, 3.8) is 0 Å². The molecule has 9 aromatic rings. The number of aryl methyl sites for hydroxylation is 1. The molecule has 0 saturated heterocycles. The zero-order valence-electron chi connectivity index (χ0n) is 38.9. The van der Waals surface area contributed by atoms with E-state index in [1.165, 1.54) is 5.56 Å². The number of ether oxygens (including phenoxy) is 2. The Bertz CT molecular complexity index is 2850. The van der Waals surface area contributed by atoms with E-state index in [1.807, 2.05) is 128 Å². The third-order valence-electron chi connectivity index (χ3n) is 12.1. The lowest BCUT2D eigenvalue weighted by atomic mass is 9.80. The first-order chi connectivity index (χ1) is 33.4. The van der Waals surface area contributed by atoms with Crippen LogP contribution in [0.1, 0.15) is 82.8 Å². The van der Waals surface area contributed by atoms with Crippen LogP contribution in [0, 0.1) is 6.92 Å². The Morgan fingerprint density at radius 3 is 1.19 bits per heavy atom. The molecule has 0 radical (unpaired) electrons. The Morgan fingerprint density at radius 2 is 0.824 bits per heavy atom. The largest absolute Gasteiger partial charge is 0.353 e. The molecule has 2 aromatic heterocycles. The van der Waals surface area contributed by atoms with Crippen molar-refractivity contribution in [2.45, 2.75) is 77.7 Å². The van der Waals surface area contributed by atoms with Crippen molar-refractivity contribution >= 4 is 0 Å². The van der Waals surface area contributed by atoms with Gasteiger partial charge in [0.25, 0.3) is 0 Å². The molecular weight excluding hydrogens is 845 g/mol. The molecule has 2 heterocycles. The first-order valence-corrected chi connectivity index (χ1v) is 23.3. The van der Waals surface area contributed by atoms with E-state index >= 15 is 0 Å². The zero-order valence-corrected chi connectivity index (χ0v) is 38.9. The number of nitrogens with one attached hydrogen (secondary N) is 1. The van der Waals surface area contributed by atoms with Gasteiger partial charge in [-0.15, -0.1) is 0 Å². The summed E-state index contributed by atoms with van der Waals surface area (Å²) in [6.07, 6.45) is 1.66. The molecule has 1 N–H and O–H groups in total. The molecular formula is C58H58N6O4. The molecule has 0 aliphatic heterocycles. The second-order valence-electron chi connectivity index (χ2n) is 16.7. The smallest absolute Gasteiger partial charge is 0.346 e. The number of aromatic nitrogens is 6. The first-order valence-electron chi connectivity index (χ1n) is 23.3. The third kappa shape index (κ3) is 10.2. The predicted octanol–water partition coefficient (Wildman–Crippen LogP) is 10.8. The molecule has 10 nitrogen and oxygen atoms in total. The van der Waals surface area contributed by atoms with Gasteiger partial charge >= 0.3 is 11.4 Å². The Balaban J connectivity index is 0.000000189. The van der Waals surface area contributed by atoms with Crippen molar-refractivity contribution in [1.82, 2.24) is 29.1 Å². The second-order valence-corrected chi connectivity index (χ2v) is 16.7. The fourth-order valence-corrected chi connectivity index (χ4v) is 8.81. The normalized spacial score (nSPS) is 11.5. The highest BCUT2D eigenvalue weighted by molar-refractivity contribution is 5.49. The van der Waals surface area contributed by atoms with Crippen LogP contribution in [0.15, 0.2) is 216 Å².